The number of rotatable bonds is 5. The molecule has 0 saturated heterocycles. The van der Waals surface area contributed by atoms with Crippen LogP contribution in [-0.4, -0.2) is 6.61 Å². The fraction of sp³-hybridized carbons (Fsp3) is 0.214. The average molecular weight is 243 g/mol. The molecular formula is C14H13NOS. The maximum Gasteiger partial charge on any atom is 0.0991 e. The van der Waals surface area contributed by atoms with E-state index in [-0.39, 0.29) is 0 Å². The van der Waals surface area contributed by atoms with Crippen LogP contribution in [0.15, 0.2) is 41.8 Å². The minimum Gasteiger partial charge on any atom is -0.376 e. The van der Waals surface area contributed by atoms with Crippen molar-refractivity contribution in [1.82, 2.24) is 0 Å². The van der Waals surface area contributed by atoms with E-state index in [2.05, 4.69) is 23.6 Å². The molecule has 0 saturated carbocycles. The number of nitrogens with zero attached hydrogens (tertiary/aromatic N) is 1. The van der Waals surface area contributed by atoms with Gasteiger partial charge in [0.2, 0.25) is 0 Å². The summed E-state index contributed by atoms with van der Waals surface area (Å²) in [6, 6.07) is 13.8. The Bertz CT molecular complexity index is 482. The molecule has 3 heteroatoms. The highest BCUT2D eigenvalue weighted by Crippen LogP contribution is 2.10. The highest BCUT2D eigenvalue weighted by atomic mass is 32.1. The molecule has 0 N–H and O–H groups in total. The van der Waals surface area contributed by atoms with E-state index in [0.717, 1.165) is 18.6 Å². The maximum atomic E-state index is 8.67. The average Bonchev–Trinajstić information content (AvgIpc) is 2.88. The third kappa shape index (κ3) is 3.70. The van der Waals surface area contributed by atoms with Gasteiger partial charge < -0.3 is 4.74 Å². The summed E-state index contributed by atoms with van der Waals surface area (Å²) >= 11 is 1.76. The molecule has 0 aliphatic carbocycles. The minimum atomic E-state index is 0.608. The predicted molar refractivity (Wildman–Crippen MR) is 68.8 cm³/mol. The normalized spacial score (nSPS) is 10.1. The molecule has 0 unspecified atom stereocenters. The first-order chi connectivity index (χ1) is 8.38. The van der Waals surface area contributed by atoms with E-state index in [1.165, 1.54) is 4.88 Å². The molecule has 2 rings (SSSR count). The smallest absolute Gasteiger partial charge is 0.0991 e. The molecule has 1 aromatic heterocycles. The Morgan fingerprint density at radius 1 is 1.18 bits per heavy atom. The van der Waals surface area contributed by atoms with E-state index in [1.54, 1.807) is 11.3 Å². The van der Waals surface area contributed by atoms with E-state index in [4.69, 9.17) is 10.00 Å². The van der Waals surface area contributed by atoms with Gasteiger partial charge >= 0.3 is 0 Å². The van der Waals surface area contributed by atoms with Gasteiger partial charge in [-0.1, -0.05) is 18.2 Å². The van der Waals surface area contributed by atoms with Gasteiger partial charge in [-0.15, -0.1) is 11.3 Å². The quantitative estimate of drug-likeness (QED) is 0.754. The summed E-state index contributed by atoms with van der Waals surface area (Å²) in [7, 11) is 0. The van der Waals surface area contributed by atoms with Crippen molar-refractivity contribution in [1.29, 1.82) is 5.26 Å². The third-order valence-electron chi connectivity index (χ3n) is 2.42. The van der Waals surface area contributed by atoms with Crippen molar-refractivity contribution in [2.45, 2.75) is 13.0 Å². The monoisotopic (exact) mass is 243 g/mol. The number of benzene rings is 1. The third-order valence-corrected chi connectivity index (χ3v) is 3.36. The Morgan fingerprint density at radius 2 is 2.00 bits per heavy atom. The van der Waals surface area contributed by atoms with Gasteiger partial charge in [-0.3, -0.25) is 0 Å². The van der Waals surface area contributed by atoms with Gasteiger partial charge in [-0.2, -0.15) is 5.26 Å². The molecule has 2 aromatic rings. The second kappa shape index (κ2) is 6.19. The zero-order valence-corrected chi connectivity index (χ0v) is 10.2. The van der Waals surface area contributed by atoms with Crippen molar-refractivity contribution >= 4 is 11.3 Å². The fourth-order valence-electron chi connectivity index (χ4n) is 1.49. The lowest BCUT2D eigenvalue weighted by atomic mass is 10.2. The molecule has 86 valence electrons. The lowest BCUT2D eigenvalue weighted by Gasteiger charge is -2.03. The summed E-state index contributed by atoms with van der Waals surface area (Å²) < 4.78 is 5.59. The Balaban J connectivity index is 1.73. The zero-order valence-electron chi connectivity index (χ0n) is 9.43. The molecule has 0 spiro atoms. The van der Waals surface area contributed by atoms with Crippen molar-refractivity contribution in [3.05, 3.63) is 57.8 Å². The summed E-state index contributed by atoms with van der Waals surface area (Å²) in [6.07, 6.45) is 0.966. The molecule has 2 nitrogen and oxygen atoms in total. The van der Waals surface area contributed by atoms with Gasteiger partial charge in [0.1, 0.15) is 0 Å². The van der Waals surface area contributed by atoms with Crippen LogP contribution in [0.2, 0.25) is 0 Å². The number of hydrogen-bond acceptors (Lipinski definition) is 3. The number of ether oxygens (including phenoxy) is 1. The van der Waals surface area contributed by atoms with E-state index in [1.807, 2.05) is 24.3 Å². The highest BCUT2D eigenvalue weighted by Gasteiger charge is 1.96. The lowest BCUT2D eigenvalue weighted by Crippen LogP contribution is -1.97. The van der Waals surface area contributed by atoms with Crippen LogP contribution in [0, 0.1) is 11.3 Å². The summed E-state index contributed by atoms with van der Waals surface area (Å²) in [5.41, 5.74) is 1.79. The Hall–Kier alpha value is -1.63. The second-order valence-electron chi connectivity index (χ2n) is 3.69. The van der Waals surface area contributed by atoms with Crippen molar-refractivity contribution in [2.24, 2.45) is 0 Å². The van der Waals surface area contributed by atoms with E-state index >= 15 is 0 Å². The van der Waals surface area contributed by atoms with Crippen molar-refractivity contribution in [3.63, 3.8) is 0 Å². The van der Waals surface area contributed by atoms with Gasteiger partial charge in [0.15, 0.2) is 0 Å². The summed E-state index contributed by atoms with van der Waals surface area (Å²) in [4.78, 5) is 1.35. The van der Waals surface area contributed by atoms with Crippen LogP contribution in [0.4, 0.5) is 0 Å². The van der Waals surface area contributed by atoms with Gasteiger partial charge in [0, 0.05) is 11.3 Å². The first-order valence-corrected chi connectivity index (χ1v) is 6.35. The maximum absolute atomic E-state index is 8.67. The molecule has 1 heterocycles. The SMILES string of the molecule is N#Cc1ccc(COCCc2cccs2)cc1. The Labute approximate surface area is 105 Å². The number of nitriles is 1. The molecule has 0 bridgehead atoms. The number of thiophene rings is 1. The van der Waals surface area contributed by atoms with Gasteiger partial charge in [-0.25, -0.2) is 0 Å². The standard InChI is InChI=1S/C14H13NOS/c15-10-12-3-5-13(6-4-12)11-16-8-7-14-2-1-9-17-14/h1-6,9H,7-8,11H2. The Morgan fingerprint density at radius 3 is 2.65 bits per heavy atom. The van der Waals surface area contributed by atoms with Crippen molar-refractivity contribution in [3.8, 4) is 6.07 Å². The molecule has 0 amide bonds. The number of hydrogen-bond donors (Lipinski definition) is 0. The van der Waals surface area contributed by atoms with Crippen molar-refractivity contribution < 1.29 is 4.74 Å². The minimum absolute atomic E-state index is 0.608. The zero-order chi connectivity index (χ0) is 11.9. The largest absolute Gasteiger partial charge is 0.376 e. The van der Waals surface area contributed by atoms with Crippen LogP contribution in [0.25, 0.3) is 0 Å². The molecule has 0 aliphatic heterocycles. The Kier molecular flexibility index (Phi) is 4.31. The van der Waals surface area contributed by atoms with Gasteiger partial charge in [0.05, 0.1) is 24.8 Å². The molecule has 0 fully saturated rings. The van der Waals surface area contributed by atoms with E-state index < -0.39 is 0 Å². The first kappa shape index (κ1) is 11.8. The topological polar surface area (TPSA) is 33.0 Å². The van der Waals surface area contributed by atoms with Crippen molar-refractivity contribution in [2.75, 3.05) is 6.61 Å². The molecule has 0 radical (unpaired) electrons. The summed E-state index contributed by atoms with van der Waals surface area (Å²) in [5, 5.41) is 10.7. The first-order valence-electron chi connectivity index (χ1n) is 5.47. The molecule has 0 atom stereocenters. The molecule has 1 aromatic carbocycles. The van der Waals surface area contributed by atoms with E-state index in [0.29, 0.717) is 12.2 Å². The van der Waals surface area contributed by atoms with Crippen LogP contribution in [0.5, 0.6) is 0 Å². The summed E-state index contributed by atoms with van der Waals surface area (Å²) in [6.45, 7) is 1.34. The highest BCUT2D eigenvalue weighted by molar-refractivity contribution is 7.09. The summed E-state index contributed by atoms with van der Waals surface area (Å²) in [5.74, 6) is 0. The van der Waals surface area contributed by atoms with Crippen LogP contribution in [0.3, 0.4) is 0 Å². The van der Waals surface area contributed by atoms with Crippen LogP contribution in [-0.2, 0) is 17.8 Å². The van der Waals surface area contributed by atoms with Crippen LogP contribution >= 0.6 is 11.3 Å². The van der Waals surface area contributed by atoms with Gasteiger partial charge in [-0.05, 0) is 29.1 Å². The van der Waals surface area contributed by atoms with Crippen LogP contribution in [0.1, 0.15) is 16.0 Å². The van der Waals surface area contributed by atoms with Gasteiger partial charge in [0.25, 0.3) is 0 Å². The molecule has 17 heavy (non-hydrogen) atoms. The fourth-order valence-corrected chi connectivity index (χ4v) is 2.18. The predicted octanol–water partition coefficient (Wildman–Crippen LogP) is 3.38. The van der Waals surface area contributed by atoms with Crippen LogP contribution < -0.4 is 0 Å². The lowest BCUT2D eigenvalue weighted by molar-refractivity contribution is 0.124. The second-order valence-corrected chi connectivity index (χ2v) is 4.72. The molecule has 0 aliphatic rings. The van der Waals surface area contributed by atoms with E-state index in [9.17, 15) is 0 Å². The molecular weight excluding hydrogens is 230 g/mol.